The van der Waals surface area contributed by atoms with E-state index < -0.39 is 0 Å². The molecule has 0 aromatic heterocycles. The number of hydrogen-bond acceptors (Lipinski definition) is 0. The van der Waals surface area contributed by atoms with Crippen LogP contribution < -0.4 is 0 Å². The van der Waals surface area contributed by atoms with Gasteiger partial charge >= 0.3 is 44.8 Å². The average Bonchev–Trinajstić information content (AvgIpc) is 0. The molecule has 0 fully saturated rings. The van der Waals surface area contributed by atoms with Crippen LogP contribution in [0.3, 0.4) is 0 Å². The van der Waals surface area contributed by atoms with Crippen LogP contribution in [0.15, 0.2) is 0 Å². The Bertz CT molecular complexity index is 6.90. The second-order valence-electron chi connectivity index (χ2n) is 0. The van der Waals surface area contributed by atoms with Gasteiger partial charge in [-0.3, -0.25) is 0 Å². The summed E-state index contributed by atoms with van der Waals surface area (Å²) in [4.78, 5) is 0. The Kier molecular flexibility index (Phi) is 917. The molecule has 0 aliphatic heterocycles. The van der Waals surface area contributed by atoms with E-state index in [1.54, 1.807) is 0 Å². The van der Waals surface area contributed by atoms with Gasteiger partial charge in [-0.15, -0.1) is 0 Å². The summed E-state index contributed by atoms with van der Waals surface area (Å²) in [7, 11) is 0. The smallest absolute Gasteiger partial charge is 2.00 e. The summed E-state index contributed by atoms with van der Waals surface area (Å²) >= 11 is 0. The Morgan fingerprint density at radius 3 is 0.429 bits per heavy atom. The second kappa shape index (κ2) is 67.3. The summed E-state index contributed by atoms with van der Waals surface area (Å²) in [6.45, 7) is 0. The van der Waals surface area contributed by atoms with Gasteiger partial charge in [0.05, 0.1) is 0 Å². The van der Waals surface area contributed by atoms with Crippen molar-refractivity contribution in [2.45, 2.75) is 0 Å². The molecule has 0 aliphatic rings. The Labute approximate surface area is 104 Å². The fourth-order valence-electron chi connectivity index (χ4n) is 0. The van der Waals surface area contributed by atoms with E-state index in [4.69, 9.17) is 0 Å². The van der Waals surface area contributed by atoms with Gasteiger partial charge in [0.15, 0.2) is 0 Å². The van der Waals surface area contributed by atoms with Crippen LogP contribution in [0, 0.1) is 0 Å². The molecule has 0 heterocycles. The van der Waals surface area contributed by atoms with Crippen molar-refractivity contribution >= 4 is 0 Å². The van der Waals surface area contributed by atoms with Gasteiger partial charge in [-0.2, -0.15) is 0 Å². The Morgan fingerprint density at radius 2 is 0.429 bits per heavy atom. The van der Waals surface area contributed by atoms with Crippen LogP contribution >= 0.6 is 0 Å². The van der Waals surface area contributed by atoms with Crippen LogP contribution in [0.25, 0.3) is 0 Å². The third-order valence-corrected chi connectivity index (χ3v) is 0. The zero-order valence-electron chi connectivity index (χ0n) is 2.43. The first-order chi connectivity index (χ1) is 0. The van der Waals surface area contributed by atoms with Crippen LogP contribution in [-0.2, 0) is 106 Å². The molecular weight excluding hydrogens is 836 g/mol. The van der Waals surface area contributed by atoms with Crippen molar-refractivity contribution in [3.63, 3.8) is 0 Å². The van der Waals surface area contributed by atoms with Crippen molar-refractivity contribution in [3.05, 3.63) is 0 Å². The van der Waals surface area contributed by atoms with E-state index in [9.17, 15) is 0 Å². The van der Waals surface area contributed by atoms with E-state index in [1.807, 2.05) is 0 Å². The van der Waals surface area contributed by atoms with Crippen molar-refractivity contribution in [1.29, 1.82) is 0 Å². The van der Waals surface area contributed by atoms with Crippen LogP contribution in [0.5, 0.6) is 0 Å². The minimum Gasteiger partial charge on any atom is -2.00 e. The molecule has 0 N–H and O–H groups in total. The van der Waals surface area contributed by atoms with Crippen LogP contribution in [-0.4, -0.2) is 0 Å². The van der Waals surface area contributed by atoms with Gasteiger partial charge in [-0.25, -0.2) is 0 Å². The predicted octanol–water partition coefficient (Wildman–Crippen LogP) is -0.366. The summed E-state index contributed by atoms with van der Waals surface area (Å²) in [6.07, 6.45) is 0. The van der Waals surface area contributed by atoms with E-state index in [2.05, 4.69) is 0 Å². The Hall–Kier alpha value is 2.84. The normalized spacial score (nSPS) is 0. The molecule has 0 aromatic carbocycles. The standard InChI is InChI=1S/4Au.3O/q;;2*+3;3*-2. The molecule has 0 rings (SSSR count). The molecule has 62 valence electrons. The van der Waals surface area contributed by atoms with Crippen molar-refractivity contribution in [3.8, 4) is 0 Å². The molecule has 0 bridgehead atoms. The van der Waals surface area contributed by atoms with Crippen LogP contribution in [0.4, 0.5) is 0 Å². The summed E-state index contributed by atoms with van der Waals surface area (Å²) in [6, 6.07) is 0. The van der Waals surface area contributed by atoms with Gasteiger partial charge in [0.1, 0.15) is 0 Å². The van der Waals surface area contributed by atoms with Crippen molar-refractivity contribution < 1.29 is 106 Å². The molecule has 0 aliphatic carbocycles. The van der Waals surface area contributed by atoms with Gasteiger partial charge < -0.3 is 16.4 Å². The third kappa shape index (κ3) is 51.3. The average molecular weight is 836 g/mol. The maximum atomic E-state index is 0. The molecule has 0 aromatic rings. The van der Waals surface area contributed by atoms with E-state index >= 15 is 0 Å². The molecule has 0 saturated heterocycles. The Morgan fingerprint density at radius 1 is 0.429 bits per heavy atom. The zero-order valence-corrected chi connectivity index (χ0v) is 11.1. The zero-order chi connectivity index (χ0) is 0. The summed E-state index contributed by atoms with van der Waals surface area (Å²) < 4.78 is 0. The third-order valence-electron chi connectivity index (χ3n) is 0. The second-order valence-corrected chi connectivity index (χ2v) is 0. The van der Waals surface area contributed by atoms with Gasteiger partial charge in [-0.1, -0.05) is 0 Å². The molecule has 0 atom stereocenters. The van der Waals surface area contributed by atoms with Crippen molar-refractivity contribution in [1.82, 2.24) is 0 Å². The molecule has 7 heavy (non-hydrogen) atoms. The first-order valence-electron chi connectivity index (χ1n) is 0. The molecule has 7 heteroatoms. The maximum Gasteiger partial charge on any atom is 3.00 e. The van der Waals surface area contributed by atoms with Gasteiger partial charge in [-0.05, 0) is 0 Å². The number of rotatable bonds is 0. The minimum absolute atomic E-state index is 0. The van der Waals surface area contributed by atoms with Crippen LogP contribution in [0.1, 0.15) is 0 Å². The topological polar surface area (TPSA) is 85.5 Å². The quantitative estimate of drug-likeness (QED) is 0.299. The fourth-order valence-corrected chi connectivity index (χ4v) is 0. The molecule has 0 saturated carbocycles. The SMILES string of the molecule is [Au+3].[Au+3].[Au].[Au].[O-2].[O-2].[O-2]. The molecule has 3 nitrogen and oxygen atoms in total. The summed E-state index contributed by atoms with van der Waals surface area (Å²) in [5.41, 5.74) is 0. The van der Waals surface area contributed by atoms with Crippen molar-refractivity contribution in [2.24, 2.45) is 0 Å². The summed E-state index contributed by atoms with van der Waals surface area (Å²) in [5, 5.41) is 0. The Balaban J connectivity index is 0. The van der Waals surface area contributed by atoms with Gasteiger partial charge in [0, 0.05) is 44.8 Å². The molecule has 0 spiro atoms. The van der Waals surface area contributed by atoms with Crippen molar-refractivity contribution in [2.75, 3.05) is 0 Å². The molecule has 0 unspecified atom stereocenters. The minimum atomic E-state index is 0. The number of hydrogen-bond donors (Lipinski definition) is 0. The van der Waals surface area contributed by atoms with Gasteiger partial charge in [0.25, 0.3) is 0 Å². The van der Waals surface area contributed by atoms with E-state index in [1.165, 1.54) is 0 Å². The maximum absolute atomic E-state index is 0. The largest absolute Gasteiger partial charge is 3.00 e. The van der Waals surface area contributed by atoms with Crippen LogP contribution in [0.2, 0.25) is 0 Å². The van der Waals surface area contributed by atoms with Gasteiger partial charge in [0.2, 0.25) is 0 Å². The van der Waals surface area contributed by atoms with E-state index in [0.717, 1.165) is 0 Å². The summed E-state index contributed by atoms with van der Waals surface area (Å²) in [5.74, 6) is 0. The first kappa shape index (κ1) is 95.3. The predicted molar refractivity (Wildman–Crippen MR) is 2.06 cm³/mol. The molecular formula is Au4O3. The molecule has 2 radical (unpaired) electrons. The monoisotopic (exact) mass is 836 g/mol. The molecule has 0 amide bonds. The fraction of sp³-hybridized carbons (Fsp3) is 0. The van der Waals surface area contributed by atoms with E-state index in [-0.39, 0.29) is 106 Å². The first-order valence-corrected chi connectivity index (χ1v) is 0. The van der Waals surface area contributed by atoms with E-state index in [0.29, 0.717) is 0 Å².